The fourth-order valence-corrected chi connectivity index (χ4v) is 7.45. The Morgan fingerprint density at radius 3 is 2.38 bits per heavy atom. The van der Waals surface area contributed by atoms with Gasteiger partial charge in [-0.1, -0.05) is 19.1 Å². The van der Waals surface area contributed by atoms with E-state index in [1.165, 1.54) is 4.57 Å². The minimum Gasteiger partial charge on any atom is -0.294 e. The highest BCUT2D eigenvalue weighted by molar-refractivity contribution is 7.92. The Morgan fingerprint density at radius 1 is 1.12 bits per heavy atom. The predicted molar refractivity (Wildman–Crippen MR) is 126 cm³/mol. The van der Waals surface area contributed by atoms with Gasteiger partial charge >= 0.3 is 5.69 Å². The van der Waals surface area contributed by atoms with Crippen molar-refractivity contribution in [3.63, 3.8) is 0 Å². The van der Waals surface area contributed by atoms with Crippen molar-refractivity contribution >= 4 is 26.7 Å². The Balaban J connectivity index is 1.56. The Morgan fingerprint density at radius 2 is 1.79 bits per heavy atom. The van der Waals surface area contributed by atoms with Crippen LogP contribution >= 0.6 is 0 Å². The topological polar surface area (TPSA) is 78.1 Å². The number of fused-ring (bicyclic) bond motifs is 1. The van der Waals surface area contributed by atoms with E-state index in [2.05, 4.69) is 0 Å². The number of ketones is 1. The molecule has 0 radical (unpaired) electrons. The second kappa shape index (κ2) is 7.34. The molecular weight excluding hydrogens is 462 g/mol. The molecule has 1 aromatic heterocycles. The molecule has 6 nitrogen and oxygen atoms in total. The van der Waals surface area contributed by atoms with Crippen molar-refractivity contribution in [2.75, 3.05) is 11.5 Å². The fraction of sp³-hybridized carbons (Fsp3) is 0.440. The minimum atomic E-state index is -3.06. The van der Waals surface area contributed by atoms with Crippen LogP contribution in [0.5, 0.6) is 0 Å². The third-order valence-corrected chi connectivity index (χ3v) is 9.07. The molecule has 2 aromatic carbocycles. The maximum Gasteiger partial charge on any atom is 0.333 e. The number of nitrogens with zero attached hydrogens (tertiary/aromatic N) is 2. The third kappa shape index (κ3) is 3.79. The van der Waals surface area contributed by atoms with Crippen LogP contribution in [-0.4, -0.2) is 40.8 Å². The molecule has 5 rings (SSSR count). The number of hydrogen-bond acceptors (Lipinski definition) is 4. The van der Waals surface area contributed by atoms with Crippen molar-refractivity contribution < 1.29 is 22.0 Å². The van der Waals surface area contributed by atoms with Gasteiger partial charge in [0.15, 0.2) is 15.6 Å². The molecule has 0 amide bonds. The number of rotatable bonds is 6. The van der Waals surface area contributed by atoms with Gasteiger partial charge in [-0.3, -0.25) is 13.9 Å². The first-order valence-corrected chi connectivity index (χ1v) is 13.1. The summed E-state index contributed by atoms with van der Waals surface area (Å²) < 4.78 is 53.5. The SMILES string of the molecule is CC(C)n1c(=O)n(-c2cccc(C3CC3(F)F)c2)c2ccc(C(=O)CC3(C)CS(=O)(=O)C3)cc21. The Labute approximate surface area is 196 Å². The van der Waals surface area contributed by atoms with Gasteiger partial charge in [-0.2, -0.15) is 0 Å². The number of sulfone groups is 1. The molecule has 9 heteroatoms. The van der Waals surface area contributed by atoms with Gasteiger partial charge < -0.3 is 0 Å². The Hall–Kier alpha value is -2.81. The number of imidazole rings is 1. The van der Waals surface area contributed by atoms with Crippen LogP contribution in [0.2, 0.25) is 0 Å². The van der Waals surface area contributed by atoms with E-state index in [1.807, 2.05) is 13.8 Å². The highest BCUT2D eigenvalue weighted by Gasteiger charge is 2.57. The molecule has 0 bridgehead atoms. The Kier molecular flexibility index (Phi) is 4.96. The van der Waals surface area contributed by atoms with Gasteiger partial charge in [0.05, 0.1) is 34.1 Å². The molecule has 0 spiro atoms. The van der Waals surface area contributed by atoms with Gasteiger partial charge in [-0.15, -0.1) is 0 Å². The first-order valence-electron chi connectivity index (χ1n) is 11.3. The van der Waals surface area contributed by atoms with E-state index >= 15 is 0 Å². The van der Waals surface area contributed by atoms with Crippen LogP contribution in [0.1, 0.15) is 61.5 Å². The lowest BCUT2D eigenvalue weighted by Crippen LogP contribution is -2.47. The van der Waals surface area contributed by atoms with Crippen molar-refractivity contribution in [1.29, 1.82) is 0 Å². The highest BCUT2D eigenvalue weighted by atomic mass is 32.2. The standard InChI is InChI=1S/C25H26F2N2O4S/c1-15(2)28-21-10-17(22(30)12-24(3)13-34(32,33)14-24)7-8-20(21)29(23(28)31)18-6-4-5-16(9-18)19-11-25(19,26)27/h4-10,15,19H,11-14H2,1-3H3. The van der Waals surface area contributed by atoms with Gasteiger partial charge in [0.25, 0.3) is 5.92 Å². The number of benzene rings is 2. The zero-order valence-electron chi connectivity index (χ0n) is 19.2. The summed E-state index contributed by atoms with van der Waals surface area (Å²) in [6.07, 6.45) is -0.0766. The molecule has 34 heavy (non-hydrogen) atoms. The first kappa shape index (κ1) is 23.0. The summed E-state index contributed by atoms with van der Waals surface area (Å²) in [5.41, 5.74) is 1.67. The largest absolute Gasteiger partial charge is 0.333 e. The lowest BCUT2D eigenvalue weighted by molar-refractivity contribution is 0.0936. The van der Waals surface area contributed by atoms with E-state index < -0.39 is 27.1 Å². The number of aromatic nitrogens is 2. The van der Waals surface area contributed by atoms with Crippen LogP contribution in [0.3, 0.4) is 0 Å². The number of alkyl halides is 2. The zero-order valence-corrected chi connectivity index (χ0v) is 20.0. The molecule has 1 saturated carbocycles. The van der Waals surface area contributed by atoms with Gasteiger partial charge in [0.1, 0.15) is 0 Å². The zero-order chi connectivity index (χ0) is 24.6. The summed E-state index contributed by atoms with van der Waals surface area (Å²) in [5.74, 6) is -3.72. The second-order valence-electron chi connectivity index (χ2n) is 10.3. The summed E-state index contributed by atoms with van der Waals surface area (Å²) in [6.45, 7) is 5.52. The normalized spacial score (nSPS) is 22.0. The summed E-state index contributed by atoms with van der Waals surface area (Å²) in [7, 11) is -3.06. The first-order chi connectivity index (χ1) is 15.8. The highest BCUT2D eigenvalue weighted by Crippen LogP contribution is 2.55. The maximum atomic E-state index is 13.6. The van der Waals surface area contributed by atoms with E-state index in [0.29, 0.717) is 27.8 Å². The molecule has 1 unspecified atom stereocenters. The van der Waals surface area contributed by atoms with Gasteiger partial charge in [-0.05, 0) is 49.7 Å². The van der Waals surface area contributed by atoms with Crippen molar-refractivity contribution in [3.05, 3.63) is 64.1 Å². The van der Waals surface area contributed by atoms with Gasteiger partial charge in [-0.25, -0.2) is 22.0 Å². The van der Waals surface area contributed by atoms with Crippen molar-refractivity contribution in [2.45, 2.75) is 51.5 Å². The smallest absolute Gasteiger partial charge is 0.294 e. The molecule has 3 aromatic rings. The van der Waals surface area contributed by atoms with Crippen LogP contribution in [0.15, 0.2) is 47.3 Å². The number of halogens is 2. The van der Waals surface area contributed by atoms with E-state index in [0.717, 1.165) is 0 Å². The molecule has 2 heterocycles. The quantitative estimate of drug-likeness (QED) is 0.479. The summed E-state index contributed by atoms with van der Waals surface area (Å²) in [5, 5.41) is 0. The molecule has 180 valence electrons. The molecule has 1 atom stereocenters. The van der Waals surface area contributed by atoms with Crippen LogP contribution in [0.4, 0.5) is 8.78 Å². The van der Waals surface area contributed by atoms with Gasteiger partial charge in [0.2, 0.25) is 0 Å². The molecule has 1 aliphatic carbocycles. The third-order valence-electron chi connectivity index (χ3n) is 6.79. The molecule has 2 aliphatic rings. The number of Topliss-reactive ketones (excluding diaryl/α,β-unsaturated/α-hetero) is 1. The average Bonchev–Trinajstić information content (AvgIpc) is 3.24. The monoisotopic (exact) mass is 488 g/mol. The number of hydrogen-bond donors (Lipinski definition) is 0. The van der Waals surface area contributed by atoms with Crippen LogP contribution in [0.25, 0.3) is 16.7 Å². The fourth-order valence-electron chi connectivity index (χ4n) is 5.21. The van der Waals surface area contributed by atoms with Crippen LogP contribution in [0, 0.1) is 5.41 Å². The van der Waals surface area contributed by atoms with E-state index in [9.17, 15) is 26.8 Å². The molecule has 1 aliphatic heterocycles. The van der Waals surface area contributed by atoms with Crippen LogP contribution < -0.4 is 5.69 Å². The summed E-state index contributed by atoms with van der Waals surface area (Å²) >= 11 is 0. The van der Waals surface area contributed by atoms with E-state index in [4.69, 9.17) is 0 Å². The lowest BCUT2D eigenvalue weighted by atomic mass is 9.86. The van der Waals surface area contributed by atoms with E-state index in [-0.39, 0.29) is 41.9 Å². The van der Waals surface area contributed by atoms with Gasteiger partial charge in [0, 0.05) is 29.9 Å². The van der Waals surface area contributed by atoms with Crippen molar-refractivity contribution in [1.82, 2.24) is 9.13 Å². The van der Waals surface area contributed by atoms with Crippen molar-refractivity contribution in [3.8, 4) is 5.69 Å². The van der Waals surface area contributed by atoms with Crippen LogP contribution in [-0.2, 0) is 9.84 Å². The van der Waals surface area contributed by atoms with E-state index in [1.54, 1.807) is 54.0 Å². The lowest BCUT2D eigenvalue weighted by Gasteiger charge is -2.37. The molecular formula is C25H26F2N2O4S. The minimum absolute atomic E-state index is 0.00254. The molecule has 2 fully saturated rings. The molecule has 0 N–H and O–H groups in total. The maximum absolute atomic E-state index is 13.6. The number of carbonyl (C=O) groups is 1. The second-order valence-corrected chi connectivity index (χ2v) is 12.4. The average molecular weight is 489 g/mol. The summed E-state index contributed by atoms with van der Waals surface area (Å²) in [6, 6.07) is 11.5. The summed E-state index contributed by atoms with van der Waals surface area (Å²) in [4.78, 5) is 26.4. The molecule has 1 saturated heterocycles. The predicted octanol–water partition coefficient (Wildman–Crippen LogP) is 4.50. The Bertz CT molecular complexity index is 1490. The van der Waals surface area contributed by atoms with Crippen molar-refractivity contribution in [2.24, 2.45) is 5.41 Å². The number of carbonyl (C=O) groups excluding carboxylic acids is 1.